The second-order valence-corrected chi connectivity index (χ2v) is 9.61. The number of anilines is 1. The monoisotopic (exact) mass is 490 g/mol. The maximum absolute atomic E-state index is 12.6. The number of unbranched alkanes of at least 4 members (excludes halogenated alkanes) is 1. The van der Waals surface area contributed by atoms with Gasteiger partial charge in [0.25, 0.3) is 0 Å². The quantitative estimate of drug-likeness (QED) is 0.389. The third kappa shape index (κ3) is 6.56. The Morgan fingerprint density at radius 2 is 2.00 bits per heavy atom. The molecule has 0 bridgehead atoms. The summed E-state index contributed by atoms with van der Waals surface area (Å²) < 4.78 is 5.57. The van der Waals surface area contributed by atoms with Gasteiger partial charge in [-0.25, -0.2) is 9.97 Å². The molecule has 1 atom stereocenters. The lowest BCUT2D eigenvalue weighted by Gasteiger charge is -2.31. The second-order valence-electron chi connectivity index (χ2n) is 9.61. The molecule has 0 aliphatic carbocycles. The Kier molecular flexibility index (Phi) is 9.19. The molecular weight excluding hydrogens is 452 g/mol. The molecule has 8 nitrogen and oxygen atoms in total. The van der Waals surface area contributed by atoms with Crippen LogP contribution in [0.1, 0.15) is 56.8 Å². The number of fused-ring (bicyclic) bond motifs is 1. The summed E-state index contributed by atoms with van der Waals surface area (Å²) >= 11 is 0. The highest BCUT2D eigenvalue weighted by Gasteiger charge is 2.25. The van der Waals surface area contributed by atoms with Gasteiger partial charge in [0, 0.05) is 36.5 Å². The highest BCUT2D eigenvalue weighted by molar-refractivity contribution is 5.90. The van der Waals surface area contributed by atoms with Gasteiger partial charge < -0.3 is 15.8 Å². The zero-order valence-electron chi connectivity index (χ0n) is 21.5. The van der Waals surface area contributed by atoms with E-state index < -0.39 is 0 Å². The molecule has 4 rings (SSSR count). The zero-order valence-corrected chi connectivity index (χ0v) is 21.5. The number of nitrogens with one attached hydrogen (secondary N) is 1. The van der Waals surface area contributed by atoms with Crippen LogP contribution in [0, 0.1) is 0 Å². The Balaban J connectivity index is 1.44. The molecular formula is C28H38N6O2. The molecule has 1 saturated heterocycles. The SMILES string of the molecule is CCCOCc1ncc(-c2ccc3ncc(N)cc3c2CCCCNC(=O)C2CCCCN2C)cn1. The van der Waals surface area contributed by atoms with Gasteiger partial charge in [0.1, 0.15) is 6.61 Å². The normalized spacial score (nSPS) is 16.3. The van der Waals surface area contributed by atoms with Crippen molar-refractivity contribution < 1.29 is 9.53 Å². The van der Waals surface area contributed by atoms with E-state index in [0.717, 1.165) is 67.1 Å². The van der Waals surface area contributed by atoms with Gasteiger partial charge in [0.05, 0.1) is 23.4 Å². The zero-order chi connectivity index (χ0) is 25.3. The van der Waals surface area contributed by atoms with Gasteiger partial charge in [-0.15, -0.1) is 0 Å². The lowest BCUT2D eigenvalue weighted by molar-refractivity contribution is -0.127. The van der Waals surface area contributed by atoms with Gasteiger partial charge in [-0.2, -0.15) is 0 Å². The predicted octanol–water partition coefficient (Wildman–Crippen LogP) is 4.12. The van der Waals surface area contributed by atoms with Crippen LogP contribution in [0.4, 0.5) is 5.69 Å². The van der Waals surface area contributed by atoms with Crippen molar-refractivity contribution in [1.29, 1.82) is 0 Å². The highest BCUT2D eigenvalue weighted by atomic mass is 16.5. The van der Waals surface area contributed by atoms with Crippen LogP contribution in [0.2, 0.25) is 0 Å². The minimum atomic E-state index is 0.00723. The molecule has 1 aliphatic heterocycles. The summed E-state index contributed by atoms with van der Waals surface area (Å²) in [6, 6.07) is 6.11. The fourth-order valence-corrected chi connectivity index (χ4v) is 4.85. The van der Waals surface area contributed by atoms with E-state index in [-0.39, 0.29) is 11.9 Å². The maximum Gasteiger partial charge on any atom is 0.237 e. The summed E-state index contributed by atoms with van der Waals surface area (Å²) in [5.74, 6) is 0.833. The van der Waals surface area contributed by atoms with Crippen LogP contribution >= 0.6 is 0 Å². The average Bonchev–Trinajstić information content (AvgIpc) is 2.89. The number of carbonyl (C=O) groups excluding carboxylic acids is 1. The molecule has 0 spiro atoms. The molecule has 36 heavy (non-hydrogen) atoms. The first-order chi connectivity index (χ1) is 17.6. The molecule has 8 heteroatoms. The van der Waals surface area contributed by atoms with Gasteiger partial charge >= 0.3 is 0 Å². The number of piperidine rings is 1. The van der Waals surface area contributed by atoms with Crippen LogP contribution in [0.5, 0.6) is 0 Å². The minimum Gasteiger partial charge on any atom is -0.397 e. The van der Waals surface area contributed by atoms with Gasteiger partial charge in [-0.05, 0) is 75.4 Å². The van der Waals surface area contributed by atoms with Crippen LogP contribution in [0.25, 0.3) is 22.0 Å². The third-order valence-electron chi connectivity index (χ3n) is 6.82. The molecule has 2 aromatic heterocycles. The molecule has 3 heterocycles. The molecule has 1 fully saturated rings. The van der Waals surface area contributed by atoms with Crippen molar-refractivity contribution in [3.05, 3.63) is 48.2 Å². The summed E-state index contributed by atoms with van der Waals surface area (Å²) in [7, 11) is 2.04. The first-order valence-corrected chi connectivity index (χ1v) is 13.1. The van der Waals surface area contributed by atoms with Crippen molar-refractivity contribution in [2.75, 3.05) is 32.5 Å². The third-order valence-corrected chi connectivity index (χ3v) is 6.82. The van der Waals surface area contributed by atoms with Crippen molar-refractivity contribution in [1.82, 2.24) is 25.2 Å². The molecule has 3 aromatic rings. The van der Waals surface area contributed by atoms with Crippen LogP contribution in [0.3, 0.4) is 0 Å². The number of likely N-dealkylation sites (tertiary alicyclic amines) is 1. The lowest BCUT2D eigenvalue weighted by Crippen LogP contribution is -2.47. The fraction of sp³-hybridized carbons (Fsp3) is 0.500. The maximum atomic E-state index is 12.6. The van der Waals surface area contributed by atoms with Gasteiger partial charge in [-0.3, -0.25) is 14.7 Å². The molecule has 192 valence electrons. The Bertz CT molecular complexity index is 1150. The molecule has 1 aliphatic rings. The van der Waals surface area contributed by atoms with Crippen molar-refractivity contribution >= 4 is 22.5 Å². The van der Waals surface area contributed by atoms with E-state index in [4.69, 9.17) is 10.5 Å². The lowest BCUT2D eigenvalue weighted by atomic mass is 9.93. The Labute approximate surface area is 213 Å². The average molecular weight is 491 g/mol. The van der Waals surface area contributed by atoms with E-state index in [1.54, 1.807) is 6.20 Å². The van der Waals surface area contributed by atoms with E-state index in [0.29, 0.717) is 31.3 Å². The van der Waals surface area contributed by atoms with Gasteiger partial charge in [-0.1, -0.05) is 19.4 Å². The number of hydrogen-bond donors (Lipinski definition) is 2. The van der Waals surface area contributed by atoms with E-state index in [9.17, 15) is 4.79 Å². The van der Waals surface area contributed by atoms with E-state index in [2.05, 4.69) is 38.2 Å². The number of aromatic nitrogens is 3. The van der Waals surface area contributed by atoms with Gasteiger partial charge in [0.2, 0.25) is 5.91 Å². The van der Waals surface area contributed by atoms with E-state index in [1.165, 1.54) is 12.0 Å². The minimum absolute atomic E-state index is 0.00723. The van der Waals surface area contributed by atoms with Crippen molar-refractivity contribution in [3.8, 4) is 11.1 Å². The first-order valence-electron chi connectivity index (χ1n) is 13.1. The number of nitrogens with two attached hydrogens (primary N) is 1. The number of rotatable bonds is 11. The van der Waals surface area contributed by atoms with E-state index in [1.807, 2.05) is 31.6 Å². The van der Waals surface area contributed by atoms with Crippen LogP contribution in [-0.4, -0.2) is 58.5 Å². The number of nitrogens with zero attached hydrogens (tertiary/aromatic N) is 4. The van der Waals surface area contributed by atoms with E-state index >= 15 is 0 Å². The number of ether oxygens (including phenoxy) is 1. The number of benzene rings is 1. The molecule has 1 unspecified atom stereocenters. The predicted molar refractivity (Wildman–Crippen MR) is 143 cm³/mol. The number of aryl methyl sites for hydroxylation is 1. The van der Waals surface area contributed by atoms with Crippen molar-refractivity contribution in [3.63, 3.8) is 0 Å². The topological polar surface area (TPSA) is 106 Å². The van der Waals surface area contributed by atoms with Crippen LogP contribution < -0.4 is 11.1 Å². The Morgan fingerprint density at radius 3 is 2.78 bits per heavy atom. The molecule has 0 radical (unpaired) electrons. The molecule has 3 N–H and O–H groups in total. The second kappa shape index (κ2) is 12.7. The Morgan fingerprint density at radius 1 is 1.17 bits per heavy atom. The number of pyridine rings is 1. The summed E-state index contributed by atoms with van der Waals surface area (Å²) in [6.07, 6.45) is 12.3. The summed E-state index contributed by atoms with van der Waals surface area (Å²) in [5, 5.41) is 4.20. The highest BCUT2D eigenvalue weighted by Crippen LogP contribution is 2.31. The van der Waals surface area contributed by atoms with Crippen molar-refractivity contribution in [2.45, 2.75) is 64.5 Å². The standard InChI is InChI=1S/C28H38N6O2/c1-3-14-36-19-27-32-16-20(17-33-27)22-10-11-25-24(15-21(29)18-31-25)23(22)8-4-6-12-30-28(35)26-9-5-7-13-34(26)2/h10-11,15-18,26H,3-9,12-14,19,29H2,1-2H3,(H,30,35). The summed E-state index contributed by atoms with van der Waals surface area (Å²) in [6.45, 7) is 4.87. The number of hydrogen-bond acceptors (Lipinski definition) is 7. The largest absolute Gasteiger partial charge is 0.397 e. The number of carbonyl (C=O) groups is 1. The van der Waals surface area contributed by atoms with Crippen LogP contribution in [0.15, 0.2) is 36.8 Å². The smallest absolute Gasteiger partial charge is 0.237 e. The number of likely N-dealkylation sites (N-methyl/N-ethyl adjacent to an activating group) is 1. The number of amides is 1. The summed E-state index contributed by atoms with van der Waals surface area (Å²) in [5.41, 5.74) is 10.9. The Hall–Kier alpha value is -3.10. The molecule has 0 saturated carbocycles. The first kappa shape index (κ1) is 26.0. The van der Waals surface area contributed by atoms with Crippen LogP contribution in [-0.2, 0) is 22.6 Å². The molecule has 1 amide bonds. The summed E-state index contributed by atoms with van der Waals surface area (Å²) in [4.78, 5) is 28.3. The fourth-order valence-electron chi connectivity index (χ4n) is 4.85. The number of nitrogen functional groups attached to an aromatic ring is 1. The van der Waals surface area contributed by atoms with Gasteiger partial charge in [0.15, 0.2) is 5.82 Å². The molecule has 1 aromatic carbocycles. The van der Waals surface area contributed by atoms with Crippen molar-refractivity contribution in [2.24, 2.45) is 0 Å².